The van der Waals surface area contributed by atoms with Crippen LogP contribution in [0.2, 0.25) is 0 Å². The summed E-state index contributed by atoms with van der Waals surface area (Å²) in [5.41, 5.74) is 0.611. The van der Waals surface area contributed by atoms with Crippen molar-refractivity contribution in [2.75, 3.05) is 30.4 Å². The zero-order chi connectivity index (χ0) is 37.2. The molecule has 51 heavy (non-hydrogen) atoms. The first-order valence-corrected chi connectivity index (χ1v) is 16.8. The number of hydrogen-bond donors (Lipinski definition) is 1. The molecule has 0 spiro atoms. The van der Waals surface area contributed by atoms with Gasteiger partial charge in [-0.15, -0.1) is 0 Å². The Morgan fingerprint density at radius 1 is 0.941 bits per heavy atom. The first-order valence-electron chi connectivity index (χ1n) is 16.8. The minimum Gasteiger partial charge on any atom is -0.467 e. The predicted octanol–water partition coefficient (Wildman–Crippen LogP) is 5.08. The van der Waals surface area contributed by atoms with Crippen LogP contribution in [0.4, 0.5) is 26.9 Å². The summed E-state index contributed by atoms with van der Waals surface area (Å²) in [7, 11) is 3.04. The highest BCUT2D eigenvalue weighted by atomic mass is 16.6. The molecule has 4 heterocycles. The van der Waals surface area contributed by atoms with Crippen LogP contribution >= 0.6 is 0 Å². The number of benzene rings is 1. The maximum absolute atomic E-state index is 13.8. The van der Waals surface area contributed by atoms with Gasteiger partial charge in [0, 0.05) is 26.6 Å². The predicted molar refractivity (Wildman–Crippen MR) is 187 cm³/mol. The third-order valence-electron chi connectivity index (χ3n) is 8.31. The van der Waals surface area contributed by atoms with Crippen LogP contribution in [-0.2, 0) is 32.5 Å². The third-order valence-corrected chi connectivity index (χ3v) is 8.31. The number of anilines is 3. The lowest BCUT2D eigenvalue weighted by Gasteiger charge is -2.31. The van der Waals surface area contributed by atoms with E-state index in [2.05, 4.69) is 10.4 Å². The van der Waals surface area contributed by atoms with Crippen molar-refractivity contribution < 1.29 is 38.2 Å². The van der Waals surface area contributed by atoms with Crippen LogP contribution < -0.4 is 10.2 Å². The minimum absolute atomic E-state index is 0.0346. The lowest BCUT2D eigenvalue weighted by Crippen LogP contribution is -2.46. The maximum Gasteiger partial charge on any atom is 0.416 e. The second-order valence-corrected chi connectivity index (χ2v) is 14.5. The topological polar surface area (TPSA) is 165 Å². The second-order valence-electron chi connectivity index (χ2n) is 14.5. The van der Waals surface area contributed by atoms with Gasteiger partial charge in [0.1, 0.15) is 28.9 Å². The number of amides is 4. The quantitative estimate of drug-likeness (QED) is 0.179. The van der Waals surface area contributed by atoms with Gasteiger partial charge in [-0.1, -0.05) is 18.2 Å². The molecule has 2 atom stereocenters. The summed E-state index contributed by atoms with van der Waals surface area (Å²) in [5, 5.41) is 7.68. The molecule has 0 aliphatic carbocycles. The van der Waals surface area contributed by atoms with Crippen molar-refractivity contribution >= 4 is 47.3 Å². The number of fused-ring (bicyclic) bond motifs is 1. The van der Waals surface area contributed by atoms with Crippen LogP contribution in [0.3, 0.4) is 0 Å². The van der Waals surface area contributed by atoms with Crippen LogP contribution in [0.1, 0.15) is 80.8 Å². The van der Waals surface area contributed by atoms with Gasteiger partial charge in [-0.3, -0.25) is 29.0 Å². The normalized spacial score (nSPS) is 17.3. The number of carbonyl (C=O) groups is 5. The van der Waals surface area contributed by atoms with Gasteiger partial charge in [-0.05, 0) is 78.6 Å². The summed E-state index contributed by atoms with van der Waals surface area (Å²) >= 11 is 0. The van der Waals surface area contributed by atoms with Crippen molar-refractivity contribution in [1.82, 2.24) is 24.6 Å². The first kappa shape index (κ1) is 36.8. The smallest absolute Gasteiger partial charge is 0.416 e. The number of nitrogens with zero attached hydrogens (tertiary/aromatic N) is 6. The molecule has 2 aliphatic heterocycles. The van der Waals surface area contributed by atoms with Crippen LogP contribution in [0.5, 0.6) is 0 Å². The number of hydrogen-bond acceptors (Lipinski definition) is 11. The van der Waals surface area contributed by atoms with Crippen molar-refractivity contribution in [2.24, 2.45) is 7.05 Å². The SMILES string of the molecule is COC(=O)[C@@H]1C[C@H](N(C(=O)OC(C)(C)C)c2cccc(Nc3cnn(C)c3CCCN3C(=O)c4ccccc4C3=O)n2)CN1C(=O)OC(C)(C)C. The lowest BCUT2D eigenvalue weighted by atomic mass is 10.1. The molecule has 15 heteroatoms. The van der Waals surface area contributed by atoms with Gasteiger partial charge in [0.15, 0.2) is 0 Å². The van der Waals surface area contributed by atoms with Gasteiger partial charge >= 0.3 is 18.2 Å². The number of rotatable bonds is 9. The number of pyridine rings is 1. The molecule has 15 nitrogen and oxygen atoms in total. The van der Waals surface area contributed by atoms with E-state index in [-0.39, 0.29) is 37.1 Å². The van der Waals surface area contributed by atoms with E-state index in [4.69, 9.17) is 19.2 Å². The Kier molecular flexibility index (Phi) is 10.4. The molecule has 2 aromatic heterocycles. The molecule has 2 aliphatic rings. The summed E-state index contributed by atoms with van der Waals surface area (Å²) in [6, 6.07) is 10.2. The molecular formula is C36H45N7O8. The van der Waals surface area contributed by atoms with E-state index in [0.717, 1.165) is 5.69 Å². The number of likely N-dealkylation sites (tertiary alicyclic amines) is 1. The lowest BCUT2D eigenvalue weighted by molar-refractivity contribution is -0.145. The average Bonchev–Trinajstić information content (AvgIpc) is 3.70. The van der Waals surface area contributed by atoms with E-state index in [1.165, 1.54) is 21.8 Å². The maximum atomic E-state index is 13.8. The van der Waals surface area contributed by atoms with Crippen molar-refractivity contribution in [3.8, 4) is 0 Å². The summed E-state index contributed by atoms with van der Waals surface area (Å²) in [5.74, 6) is -0.622. The van der Waals surface area contributed by atoms with Gasteiger partial charge in [0.2, 0.25) is 0 Å². The molecule has 4 amide bonds. The molecule has 1 saturated heterocycles. The van der Waals surface area contributed by atoms with E-state index in [1.807, 2.05) is 0 Å². The van der Waals surface area contributed by atoms with Gasteiger partial charge in [0.05, 0.1) is 41.9 Å². The molecule has 3 aromatic rings. The number of aromatic nitrogens is 3. The molecule has 1 N–H and O–H groups in total. The van der Waals surface area contributed by atoms with Crippen molar-refractivity contribution in [2.45, 2.75) is 84.1 Å². The largest absolute Gasteiger partial charge is 0.467 e. The zero-order valence-electron chi connectivity index (χ0n) is 30.3. The van der Waals surface area contributed by atoms with Crippen LogP contribution in [0, 0.1) is 0 Å². The van der Waals surface area contributed by atoms with E-state index >= 15 is 0 Å². The van der Waals surface area contributed by atoms with E-state index < -0.39 is 41.4 Å². The first-order chi connectivity index (χ1) is 24.0. The summed E-state index contributed by atoms with van der Waals surface area (Å²) in [4.78, 5) is 74.2. The standard InChI is InChI=1S/C36H45N7O8/c1-35(2,3)50-33(47)42-21-22(19-27(42)32(46)49-8)43(34(48)51-36(4,5)6)29-17-11-16-28(39-29)38-25-20-37-40(7)26(25)15-12-18-41-30(44)23-13-9-10-14-24(23)31(41)45/h9-11,13-14,16-17,20,22,27H,12,15,18-19,21H2,1-8H3,(H,38,39)/t22-,27-/m0/s1. The van der Waals surface area contributed by atoms with Gasteiger partial charge in [-0.2, -0.15) is 5.10 Å². The molecule has 1 fully saturated rings. The molecule has 5 rings (SSSR count). The van der Waals surface area contributed by atoms with Crippen molar-refractivity contribution in [3.05, 3.63) is 65.5 Å². The van der Waals surface area contributed by atoms with Crippen molar-refractivity contribution in [1.29, 1.82) is 0 Å². The summed E-state index contributed by atoms with van der Waals surface area (Å²) < 4.78 is 18.1. The number of imide groups is 1. The number of aryl methyl sites for hydroxylation is 1. The highest BCUT2D eigenvalue weighted by molar-refractivity contribution is 6.21. The fraction of sp³-hybridized carbons (Fsp3) is 0.472. The summed E-state index contributed by atoms with van der Waals surface area (Å²) in [6.07, 6.45) is 1.28. The molecule has 0 radical (unpaired) electrons. The highest BCUT2D eigenvalue weighted by Gasteiger charge is 2.47. The Hall–Kier alpha value is -5.47. The number of ether oxygens (including phenoxy) is 3. The molecule has 0 unspecified atom stereocenters. The van der Waals surface area contributed by atoms with Gasteiger partial charge in [0.25, 0.3) is 11.8 Å². The minimum atomic E-state index is -1.00. The highest BCUT2D eigenvalue weighted by Crippen LogP contribution is 2.31. The van der Waals surface area contributed by atoms with Crippen LogP contribution in [0.25, 0.3) is 0 Å². The molecule has 0 bridgehead atoms. The Bertz CT molecular complexity index is 1790. The van der Waals surface area contributed by atoms with Crippen LogP contribution in [-0.4, -0.2) is 98.0 Å². The van der Waals surface area contributed by atoms with E-state index in [1.54, 1.807) is 102 Å². The molecule has 0 saturated carbocycles. The molecular weight excluding hydrogens is 658 g/mol. The molecule has 272 valence electrons. The third kappa shape index (κ3) is 8.30. The number of esters is 1. The average molecular weight is 704 g/mol. The van der Waals surface area contributed by atoms with Crippen LogP contribution in [0.15, 0.2) is 48.7 Å². The Labute approximate surface area is 296 Å². The van der Waals surface area contributed by atoms with Gasteiger partial charge in [-0.25, -0.2) is 19.4 Å². The zero-order valence-corrected chi connectivity index (χ0v) is 30.3. The number of nitrogens with one attached hydrogen (secondary N) is 1. The van der Waals surface area contributed by atoms with Crippen molar-refractivity contribution in [3.63, 3.8) is 0 Å². The number of methoxy groups -OCH3 is 1. The van der Waals surface area contributed by atoms with E-state index in [9.17, 15) is 24.0 Å². The number of carbonyl (C=O) groups excluding carboxylic acids is 5. The Morgan fingerprint density at radius 3 is 2.20 bits per heavy atom. The fourth-order valence-electron chi connectivity index (χ4n) is 6.10. The Morgan fingerprint density at radius 2 is 1.59 bits per heavy atom. The second kappa shape index (κ2) is 14.4. The monoisotopic (exact) mass is 703 g/mol. The molecule has 1 aromatic carbocycles. The van der Waals surface area contributed by atoms with Gasteiger partial charge < -0.3 is 19.5 Å². The summed E-state index contributed by atoms with van der Waals surface area (Å²) in [6.45, 7) is 10.6. The van der Waals surface area contributed by atoms with E-state index in [0.29, 0.717) is 35.5 Å². The fourth-order valence-corrected chi connectivity index (χ4v) is 6.10. The Balaban J connectivity index is 1.36.